The van der Waals surface area contributed by atoms with Crippen molar-refractivity contribution >= 4 is 5.91 Å². The SMILES string of the molecule is CCC(O)CNC(=O)CCN1CCCC1. The third-order valence-electron chi connectivity index (χ3n) is 2.86. The lowest BCUT2D eigenvalue weighted by Gasteiger charge is -2.14. The van der Waals surface area contributed by atoms with Gasteiger partial charge in [-0.1, -0.05) is 6.92 Å². The van der Waals surface area contributed by atoms with Crippen molar-refractivity contribution in [3.05, 3.63) is 0 Å². The van der Waals surface area contributed by atoms with E-state index in [1.165, 1.54) is 12.8 Å². The highest BCUT2D eigenvalue weighted by molar-refractivity contribution is 5.76. The summed E-state index contributed by atoms with van der Waals surface area (Å²) in [7, 11) is 0. The summed E-state index contributed by atoms with van der Waals surface area (Å²) in [5.74, 6) is 0.0504. The van der Waals surface area contributed by atoms with Crippen LogP contribution in [0.3, 0.4) is 0 Å². The molecule has 4 heteroatoms. The van der Waals surface area contributed by atoms with Crippen LogP contribution in [-0.4, -0.2) is 48.2 Å². The van der Waals surface area contributed by atoms with Crippen LogP contribution in [0.5, 0.6) is 0 Å². The lowest BCUT2D eigenvalue weighted by atomic mass is 10.2. The molecule has 88 valence electrons. The predicted molar refractivity (Wildman–Crippen MR) is 59.6 cm³/mol. The van der Waals surface area contributed by atoms with E-state index in [9.17, 15) is 9.90 Å². The molecule has 1 aliphatic rings. The molecule has 1 atom stereocenters. The summed E-state index contributed by atoms with van der Waals surface area (Å²) in [6.45, 7) is 5.40. The molecule has 0 spiro atoms. The van der Waals surface area contributed by atoms with Crippen LogP contribution in [0.25, 0.3) is 0 Å². The molecule has 1 unspecified atom stereocenters. The normalized spacial score (nSPS) is 19.1. The molecule has 1 amide bonds. The van der Waals surface area contributed by atoms with Gasteiger partial charge in [0.2, 0.25) is 5.91 Å². The van der Waals surface area contributed by atoms with Crippen molar-refractivity contribution < 1.29 is 9.90 Å². The van der Waals surface area contributed by atoms with Gasteiger partial charge in [0.25, 0.3) is 0 Å². The van der Waals surface area contributed by atoms with E-state index < -0.39 is 6.10 Å². The first-order chi connectivity index (χ1) is 7.22. The van der Waals surface area contributed by atoms with Gasteiger partial charge in [0.05, 0.1) is 6.10 Å². The van der Waals surface area contributed by atoms with Crippen molar-refractivity contribution in [3.8, 4) is 0 Å². The number of likely N-dealkylation sites (tertiary alicyclic amines) is 1. The third-order valence-corrected chi connectivity index (χ3v) is 2.86. The van der Waals surface area contributed by atoms with Crippen LogP contribution < -0.4 is 5.32 Å². The molecule has 4 nitrogen and oxygen atoms in total. The molecule has 0 radical (unpaired) electrons. The minimum atomic E-state index is -0.402. The van der Waals surface area contributed by atoms with Gasteiger partial charge >= 0.3 is 0 Å². The molecule has 0 bridgehead atoms. The smallest absolute Gasteiger partial charge is 0.221 e. The minimum Gasteiger partial charge on any atom is -0.391 e. The molecule has 1 rings (SSSR count). The van der Waals surface area contributed by atoms with E-state index in [4.69, 9.17) is 0 Å². The number of hydrogen-bond acceptors (Lipinski definition) is 3. The highest BCUT2D eigenvalue weighted by atomic mass is 16.3. The van der Waals surface area contributed by atoms with Gasteiger partial charge in [-0.15, -0.1) is 0 Å². The summed E-state index contributed by atoms with van der Waals surface area (Å²) in [4.78, 5) is 13.7. The molecule has 0 aromatic heterocycles. The molecule has 1 fully saturated rings. The van der Waals surface area contributed by atoms with Gasteiger partial charge in [-0.25, -0.2) is 0 Å². The van der Waals surface area contributed by atoms with Crippen LogP contribution in [0, 0.1) is 0 Å². The van der Waals surface area contributed by atoms with Crippen LogP contribution in [0.4, 0.5) is 0 Å². The van der Waals surface area contributed by atoms with Crippen molar-refractivity contribution in [1.82, 2.24) is 10.2 Å². The zero-order valence-corrected chi connectivity index (χ0v) is 9.54. The number of aliphatic hydroxyl groups is 1. The molecule has 0 aromatic rings. The average molecular weight is 214 g/mol. The number of nitrogens with zero attached hydrogens (tertiary/aromatic N) is 1. The fraction of sp³-hybridized carbons (Fsp3) is 0.909. The number of nitrogens with one attached hydrogen (secondary N) is 1. The zero-order chi connectivity index (χ0) is 11.1. The van der Waals surface area contributed by atoms with Crippen LogP contribution in [0.1, 0.15) is 32.6 Å². The molecule has 1 aliphatic heterocycles. The van der Waals surface area contributed by atoms with E-state index >= 15 is 0 Å². The Morgan fingerprint density at radius 3 is 2.73 bits per heavy atom. The second-order valence-corrected chi connectivity index (χ2v) is 4.16. The zero-order valence-electron chi connectivity index (χ0n) is 9.54. The molecule has 1 heterocycles. The Morgan fingerprint density at radius 1 is 1.47 bits per heavy atom. The summed E-state index contributed by atoms with van der Waals surface area (Å²) in [6.07, 6.45) is 3.36. The van der Waals surface area contributed by atoms with Gasteiger partial charge < -0.3 is 15.3 Å². The van der Waals surface area contributed by atoms with Crippen LogP contribution in [-0.2, 0) is 4.79 Å². The first-order valence-electron chi connectivity index (χ1n) is 5.89. The standard InChI is InChI=1S/C11H22N2O2/c1-2-10(14)9-12-11(15)5-8-13-6-3-4-7-13/h10,14H,2-9H2,1H3,(H,12,15). The molecule has 0 aliphatic carbocycles. The maximum Gasteiger partial charge on any atom is 0.221 e. The maximum atomic E-state index is 11.4. The van der Waals surface area contributed by atoms with Gasteiger partial charge in [0.15, 0.2) is 0 Å². The Hall–Kier alpha value is -0.610. The fourth-order valence-electron chi connectivity index (χ4n) is 1.73. The van der Waals surface area contributed by atoms with E-state index in [1.807, 2.05) is 6.92 Å². The lowest BCUT2D eigenvalue weighted by molar-refractivity contribution is -0.121. The summed E-state index contributed by atoms with van der Waals surface area (Å²) in [5.41, 5.74) is 0. The summed E-state index contributed by atoms with van der Waals surface area (Å²) in [5, 5.41) is 12.0. The Kier molecular flexibility index (Phi) is 5.65. The quantitative estimate of drug-likeness (QED) is 0.671. The summed E-state index contributed by atoms with van der Waals surface area (Å²) >= 11 is 0. The molecular formula is C11H22N2O2. The first kappa shape index (κ1) is 12.5. The summed E-state index contributed by atoms with van der Waals surface area (Å²) in [6, 6.07) is 0. The van der Waals surface area contributed by atoms with Gasteiger partial charge in [0.1, 0.15) is 0 Å². The number of carbonyl (C=O) groups excluding carboxylic acids is 1. The topological polar surface area (TPSA) is 52.6 Å². The highest BCUT2D eigenvalue weighted by Crippen LogP contribution is 2.07. The molecule has 2 N–H and O–H groups in total. The highest BCUT2D eigenvalue weighted by Gasteiger charge is 2.12. The predicted octanol–water partition coefficient (Wildman–Crippen LogP) is 0.359. The lowest BCUT2D eigenvalue weighted by Crippen LogP contribution is -2.34. The summed E-state index contributed by atoms with van der Waals surface area (Å²) < 4.78 is 0. The molecular weight excluding hydrogens is 192 g/mol. The minimum absolute atomic E-state index is 0.0504. The number of amides is 1. The molecule has 0 saturated carbocycles. The van der Waals surface area contributed by atoms with E-state index in [0.717, 1.165) is 19.6 Å². The Balaban J connectivity index is 2.02. The second kappa shape index (κ2) is 6.80. The van der Waals surface area contributed by atoms with Crippen molar-refractivity contribution in [2.45, 2.75) is 38.7 Å². The van der Waals surface area contributed by atoms with Crippen LogP contribution in [0.15, 0.2) is 0 Å². The third kappa shape index (κ3) is 5.14. The van der Waals surface area contributed by atoms with E-state index in [1.54, 1.807) is 0 Å². The fourth-order valence-corrected chi connectivity index (χ4v) is 1.73. The van der Waals surface area contributed by atoms with Crippen molar-refractivity contribution in [1.29, 1.82) is 0 Å². The number of hydrogen-bond donors (Lipinski definition) is 2. The number of aliphatic hydroxyl groups excluding tert-OH is 1. The molecule has 15 heavy (non-hydrogen) atoms. The van der Waals surface area contributed by atoms with Crippen LogP contribution in [0.2, 0.25) is 0 Å². The molecule has 0 aromatic carbocycles. The van der Waals surface area contributed by atoms with Crippen molar-refractivity contribution in [3.63, 3.8) is 0 Å². The largest absolute Gasteiger partial charge is 0.391 e. The molecule has 1 saturated heterocycles. The van der Waals surface area contributed by atoms with Gasteiger partial charge in [-0.3, -0.25) is 4.79 Å². The van der Waals surface area contributed by atoms with E-state index in [-0.39, 0.29) is 5.91 Å². The van der Waals surface area contributed by atoms with Gasteiger partial charge in [0, 0.05) is 19.5 Å². The van der Waals surface area contributed by atoms with Gasteiger partial charge in [-0.2, -0.15) is 0 Å². The van der Waals surface area contributed by atoms with Crippen molar-refractivity contribution in [2.24, 2.45) is 0 Å². The van der Waals surface area contributed by atoms with Crippen molar-refractivity contribution in [2.75, 3.05) is 26.2 Å². The Morgan fingerprint density at radius 2 is 2.13 bits per heavy atom. The van der Waals surface area contributed by atoms with E-state index in [0.29, 0.717) is 19.4 Å². The van der Waals surface area contributed by atoms with Gasteiger partial charge in [-0.05, 0) is 32.4 Å². The maximum absolute atomic E-state index is 11.4. The van der Waals surface area contributed by atoms with Crippen LogP contribution >= 0.6 is 0 Å². The first-order valence-corrected chi connectivity index (χ1v) is 5.89. The Labute approximate surface area is 91.6 Å². The number of rotatable bonds is 6. The monoisotopic (exact) mass is 214 g/mol. The Bertz CT molecular complexity index is 191. The van der Waals surface area contributed by atoms with E-state index in [2.05, 4.69) is 10.2 Å². The number of carbonyl (C=O) groups is 1. The second-order valence-electron chi connectivity index (χ2n) is 4.16. The average Bonchev–Trinajstić information content (AvgIpc) is 2.75.